The van der Waals surface area contributed by atoms with E-state index in [-0.39, 0.29) is 17.7 Å². The number of carbonyl (C=O) groups is 2. The molecule has 6 heteroatoms. The third-order valence-corrected chi connectivity index (χ3v) is 4.58. The lowest BCUT2D eigenvalue weighted by Gasteiger charge is -2.30. The highest BCUT2D eigenvalue weighted by Gasteiger charge is 2.32. The molecule has 2 fully saturated rings. The molecule has 0 radical (unpaired) electrons. The van der Waals surface area contributed by atoms with E-state index in [1.54, 1.807) is 11.1 Å². The monoisotopic (exact) mass is 318 g/mol. The molecule has 6 nitrogen and oxygen atoms in total. The molecule has 1 N–H and O–H groups in total. The first-order valence-electron chi connectivity index (χ1n) is 8.60. The minimum Gasteiger partial charge on any atom is -0.323 e. The SMILES string of the molecule is CC(C)Cn1ncc(NC(=O)N2CCC(=O)[C@@H](C)C2)c1C1CC1. The van der Waals surface area contributed by atoms with Crippen LogP contribution in [0, 0.1) is 11.8 Å². The Kier molecular flexibility index (Phi) is 4.41. The van der Waals surface area contributed by atoms with Gasteiger partial charge in [-0.25, -0.2) is 4.79 Å². The Bertz CT molecular complexity index is 604. The molecule has 1 aliphatic heterocycles. The Morgan fingerprint density at radius 2 is 2.17 bits per heavy atom. The lowest BCUT2D eigenvalue weighted by Crippen LogP contribution is -2.45. The van der Waals surface area contributed by atoms with Gasteiger partial charge in [0.2, 0.25) is 0 Å². The van der Waals surface area contributed by atoms with Gasteiger partial charge in [-0.3, -0.25) is 9.48 Å². The molecule has 0 spiro atoms. The number of anilines is 1. The molecular weight excluding hydrogens is 292 g/mol. The van der Waals surface area contributed by atoms with Crippen molar-refractivity contribution in [2.45, 2.75) is 52.5 Å². The molecule has 0 unspecified atom stereocenters. The molecule has 23 heavy (non-hydrogen) atoms. The van der Waals surface area contributed by atoms with Gasteiger partial charge < -0.3 is 10.2 Å². The molecule has 1 saturated carbocycles. The summed E-state index contributed by atoms with van der Waals surface area (Å²) in [5, 5.41) is 7.50. The fourth-order valence-electron chi connectivity index (χ4n) is 3.16. The van der Waals surface area contributed by atoms with Gasteiger partial charge in [0, 0.05) is 37.9 Å². The van der Waals surface area contributed by atoms with Gasteiger partial charge in [0.1, 0.15) is 5.78 Å². The van der Waals surface area contributed by atoms with Crippen molar-refractivity contribution in [1.29, 1.82) is 0 Å². The third kappa shape index (κ3) is 3.57. The summed E-state index contributed by atoms with van der Waals surface area (Å²) >= 11 is 0. The van der Waals surface area contributed by atoms with Crippen LogP contribution in [-0.2, 0) is 11.3 Å². The quantitative estimate of drug-likeness (QED) is 0.928. The number of amides is 2. The zero-order valence-corrected chi connectivity index (χ0v) is 14.2. The van der Waals surface area contributed by atoms with Gasteiger partial charge in [-0.15, -0.1) is 0 Å². The minimum atomic E-state index is -0.115. The summed E-state index contributed by atoms with van der Waals surface area (Å²) in [7, 11) is 0. The molecule has 1 aromatic rings. The van der Waals surface area contributed by atoms with Gasteiger partial charge in [-0.2, -0.15) is 5.10 Å². The maximum atomic E-state index is 12.5. The zero-order valence-electron chi connectivity index (χ0n) is 14.2. The first-order chi connectivity index (χ1) is 11.0. The average Bonchev–Trinajstić information content (AvgIpc) is 3.25. The number of nitrogens with zero attached hydrogens (tertiary/aromatic N) is 3. The number of piperidine rings is 1. The van der Waals surface area contributed by atoms with Crippen molar-refractivity contribution in [2.75, 3.05) is 18.4 Å². The van der Waals surface area contributed by atoms with E-state index in [4.69, 9.17) is 0 Å². The summed E-state index contributed by atoms with van der Waals surface area (Å²) in [6.45, 7) is 8.11. The lowest BCUT2D eigenvalue weighted by molar-refractivity contribution is -0.124. The van der Waals surface area contributed by atoms with Gasteiger partial charge in [-0.05, 0) is 18.8 Å². The van der Waals surface area contributed by atoms with Crippen molar-refractivity contribution in [2.24, 2.45) is 11.8 Å². The summed E-state index contributed by atoms with van der Waals surface area (Å²) in [4.78, 5) is 25.9. The zero-order chi connectivity index (χ0) is 16.6. The number of nitrogens with one attached hydrogen (secondary N) is 1. The van der Waals surface area contributed by atoms with E-state index in [0.29, 0.717) is 31.3 Å². The summed E-state index contributed by atoms with van der Waals surface area (Å²) in [5.41, 5.74) is 2.00. The number of aromatic nitrogens is 2. The van der Waals surface area contributed by atoms with Gasteiger partial charge in [0.25, 0.3) is 0 Å². The molecule has 1 atom stereocenters. The van der Waals surface area contributed by atoms with E-state index in [0.717, 1.165) is 17.9 Å². The Morgan fingerprint density at radius 1 is 1.43 bits per heavy atom. The Hall–Kier alpha value is -1.85. The molecule has 2 aliphatic rings. The summed E-state index contributed by atoms with van der Waals surface area (Å²) in [5.74, 6) is 1.22. The number of rotatable bonds is 4. The van der Waals surface area contributed by atoms with Crippen LogP contribution in [0.1, 0.15) is 51.6 Å². The first-order valence-corrected chi connectivity index (χ1v) is 8.60. The number of urea groups is 1. The van der Waals surface area contributed by atoms with Crippen molar-refractivity contribution in [3.05, 3.63) is 11.9 Å². The van der Waals surface area contributed by atoms with Crippen LogP contribution < -0.4 is 5.32 Å². The van der Waals surface area contributed by atoms with E-state index in [9.17, 15) is 9.59 Å². The van der Waals surface area contributed by atoms with Crippen LogP contribution in [0.2, 0.25) is 0 Å². The lowest BCUT2D eigenvalue weighted by atomic mass is 9.99. The van der Waals surface area contributed by atoms with E-state index < -0.39 is 0 Å². The molecule has 1 saturated heterocycles. The molecule has 3 rings (SSSR count). The van der Waals surface area contributed by atoms with E-state index >= 15 is 0 Å². The molecule has 126 valence electrons. The summed E-state index contributed by atoms with van der Waals surface area (Å²) < 4.78 is 2.04. The van der Waals surface area contributed by atoms with Crippen LogP contribution in [0.25, 0.3) is 0 Å². The largest absolute Gasteiger partial charge is 0.323 e. The van der Waals surface area contributed by atoms with E-state index in [2.05, 4.69) is 24.3 Å². The van der Waals surface area contributed by atoms with E-state index in [1.165, 1.54) is 12.8 Å². The number of hydrogen-bond donors (Lipinski definition) is 1. The van der Waals surface area contributed by atoms with Crippen LogP contribution in [0.3, 0.4) is 0 Å². The van der Waals surface area contributed by atoms with Crippen LogP contribution >= 0.6 is 0 Å². The van der Waals surface area contributed by atoms with Crippen LogP contribution in [0.15, 0.2) is 6.20 Å². The number of likely N-dealkylation sites (tertiary alicyclic amines) is 1. The topological polar surface area (TPSA) is 67.2 Å². The normalized spacial score (nSPS) is 21.8. The Morgan fingerprint density at radius 3 is 2.78 bits per heavy atom. The first kappa shape index (κ1) is 16.0. The van der Waals surface area contributed by atoms with Crippen molar-refractivity contribution >= 4 is 17.5 Å². The van der Waals surface area contributed by atoms with Crippen molar-refractivity contribution < 1.29 is 9.59 Å². The average molecular weight is 318 g/mol. The van der Waals surface area contributed by atoms with Crippen LogP contribution in [0.4, 0.5) is 10.5 Å². The molecule has 1 aliphatic carbocycles. The molecule has 2 amide bonds. The number of carbonyl (C=O) groups excluding carboxylic acids is 2. The summed E-state index contributed by atoms with van der Waals surface area (Å²) in [6.07, 6.45) is 4.56. The van der Waals surface area contributed by atoms with Gasteiger partial charge in [-0.1, -0.05) is 20.8 Å². The van der Waals surface area contributed by atoms with Gasteiger partial charge in [0.05, 0.1) is 17.6 Å². The number of Topliss-reactive ketones (excluding diaryl/α,β-unsaturated/α-hetero) is 1. The molecular formula is C17H26N4O2. The predicted octanol–water partition coefficient (Wildman–Crippen LogP) is 2.86. The fraction of sp³-hybridized carbons (Fsp3) is 0.706. The Balaban J connectivity index is 1.71. The molecule has 0 bridgehead atoms. The number of hydrogen-bond acceptors (Lipinski definition) is 3. The fourth-order valence-corrected chi connectivity index (χ4v) is 3.16. The highest BCUT2D eigenvalue weighted by molar-refractivity contribution is 5.92. The van der Waals surface area contributed by atoms with Crippen molar-refractivity contribution in [3.63, 3.8) is 0 Å². The summed E-state index contributed by atoms with van der Waals surface area (Å²) in [6, 6.07) is -0.115. The second-order valence-electron chi connectivity index (χ2n) is 7.29. The smallest absolute Gasteiger partial charge is 0.321 e. The van der Waals surface area contributed by atoms with Crippen molar-refractivity contribution in [3.8, 4) is 0 Å². The van der Waals surface area contributed by atoms with E-state index in [1.807, 2.05) is 11.6 Å². The second kappa shape index (κ2) is 6.34. The molecule has 0 aromatic carbocycles. The maximum absolute atomic E-state index is 12.5. The van der Waals surface area contributed by atoms with Crippen LogP contribution in [0.5, 0.6) is 0 Å². The molecule has 2 heterocycles. The third-order valence-electron chi connectivity index (χ3n) is 4.58. The van der Waals surface area contributed by atoms with Gasteiger partial charge >= 0.3 is 6.03 Å². The van der Waals surface area contributed by atoms with Gasteiger partial charge in [0.15, 0.2) is 0 Å². The predicted molar refractivity (Wildman–Crippen MR) is 88.4 cm³/mol. The minimum absolute atomic E-state index is 0.0685. The highest BCUT2D eigenvalue weighted by atomic mass is 16.2. The maximum Gasteiger partial charge on any atom is 0.321 e. The second-order valence-corrected chi connectivity index (χ2v) is 7.29. The standard InChI is InChI=1S/C17H26N4O2/c1-11(2)9-21-16(13-4-5-13)14(8-18-21)19-17(23)20-7-6-15(22)12(3)10-20/h8,11-13H,4-7,9-10H2,1-3H3,(H,19,23)/t12-/m0/s1. The molecule has 1 aromatic heterocycles. The van der Waals surface area contributed by atoms with Crippen LogP contribution in [-0.4, -0.2) is 39.6 Å². The Labute approximate surface area is 137 Å². The highest BCUT2D eigenvalue weighted by Crippen LogP contribution is 2.43. The van der Waals surface area contributed by atoms with Crippen molar-refractivity contribution in [1.82, 2.24) is 14.7 Å². The number of ketones is 1.